The third kappa shape index (κ3) is 5.01. The van der Waals surface area contributed by atoms with Gasteiger partial charge in [0, 0.05) is 38.0 Å². The first-order valence-corrected chi connectivity index (χ1v) is 8.66. The van der Waals surface area contributed by atoms with E-state index >= 15 is 0 Å². The number of amides is 1. The van der Waals surface area contributed by atoms with Crippen LogP contribution >= 0.6 is 0 Å². The number of furan rings is 1. The molecule has 0 bridgehead atoms. The van der Waals surface area contributed by atoms with E-state index in [1.165, 1.54) is 25.7 Å². The molecule has 2 fully saturated rings. The van der Waals surface area contributed by atoms with E-state index in [2.05, 4.69) is 16.0 Å². The number of hydrogen-bond donors (Lipinski definition) is 3. The van der Waals surface area contributed by atoms with Gasteiger partial charge in [0.2, 0.25) is 5.91 Å². The van der Waals surface area contributed by atoms with Crippen LogP contribution in [0.5, 0.6) is 0 Å². The maximum atomic E-state index is 11.3. The maximum absolute atomic E-state index is 11.3. The highest BCUT2D eigenvalue weighted by atomic mass is 16.3. The van der Waals surface area contributed by atoms with Crippen molar-refractivity contribution in [3.05, 3.63) is 24.2 Å². The van der Waals surface area contributed by atoms with Gasteiger partial charge in [0.25, 0.3) is 0 Å². The Balaban J connectivity index is 1.54. The van der Waals surface area contributed by atoms with Crippen LogP contribution in [-0.2, 0) is 11.2 Å². The minimum absolute atomic E-state index is 0.142. The van der Waals surface area contributed by atoms with Crippen molar-refractivity contribution in [3.63, 3.8) is 0 Å². The number of piperidine rings is 1. The van der Waals surface area contributed by atoms with Crippen LogP contribution in [0, 0.1) is 0 Å². The van der Waals surface area contributed by atoms with E-state index in [0.29, 0.717) is 25.6 Å². The van der Waals surface area contributed by atoms with E-state index in [1.807, 2.05) is 12.1 Å². The molecule has 3 rings (SSSR count). The average molecular weight is 318 g/mol. The number of carbonyl (C=O) groups is 1. The van der Waals surface area contributed by atoms with E-state index in [4.69, 9.17) is 9.41 Å². The zero-order valence-corrected chi connectivity index (χ0v) is 13.5. The fraction of sp³-hybridized carbons (Fsp3) is 0.647. The Kier molecular flexibility index (Phi) is 5.56. The number of nitrogens with zero attached hydrogens (tertiary/aromatic N) is 1. The highest BCUT2D eigenvalue weighted by Crippen LogP contribution is 2.17. The largest absolute Gasteiger partial charge is 0.469 e. The maximum Gasteiger partial charge on any atom is 0.220 e. The summed E-state index contributed by atoms with van der Waals surface area (Å²) in [7, 11) is 0. The summed E-state index contributed by atoms with van der Waals surface area (Å²) >= 11 is 0. The number of aliphatic imine (C=N–C) groups is 1. The van der Waals surface area contributed by atoms with E-state index in [1.54, 1.807) is 6.26 Å². The molecule has 0 aromatic carbocycles. The van der Waals surface area contributed by atoms with Crippen molar-refractivity contribution >= 4 is 11.9 Å². The molecular formula is C17H26N4O2. The monoisotopic (exact) mass is 318 g/mol. The first-order chi connectivity index (χ1) is 11.3. The summed E-state index contributed by atoms with van der Waals surface area (Å²) in [6, 6.07) is 4.65. The standard InChI is InChI=1S/C17H26N4O2/c22-16-8-7-14(12-19-16)21-17(20-13-4-1-2-5-13)18-10-9-15-6-3-11-23-15/h3,6,11,13-14H,1-2,4-5,7-10,12H2,(H,19,22)(H2,18,20,21). The van der Waals surface area contributed by atoms with Crippen LogP contribution in [0.3, 0.4) is 0 Å². The summed E-state index contributed by atoms with van der Waals surface area (Å²) in [5.74, 6) is 1.96. The molecular weight excluding hydrogens is 292 g/mol. The minimum Gasteiger partial charge on any atom is -0.469 e. The number of hydrogen-bond acceptors (Lipinski definition) is 3. The third-order valence-electron chi connectivity index (χ3n) is 4.51. The van der Waals surface area contributed by atoms with Gasteiger partial charge in [0.15, 0.2) is 5.96 Å². The van der Waals surface area contributed by atoms with Crippen molar-refractivity contribution in [3.8, 4) is 0 Å². The zero-order chi connectivity index (χ0) is 15.9. The average Bonchev–Trinajstić information content (AvgIpc) is 3.23. The molecule has 2 heterocycles. The number of rotatable bonds is 5. The second kappa shape index (κ2) is 8.04. The van der Waals surface area contributed by atoms with Crippen molar-refractivity contribution in [1.29, 1.82) is 0 Å². The van der Waals surface area contributed by atoms with E-state index in [9.17, 15) is 4.79 Å². The number of carbonyl (C=O) groups excluding carboxylic acids is 1. The molecule has 1 aromatic heterocycles. The topological polar surface area (TPSA) is 78.7 Å². The quantitative estimate of drug-likeness (QED) is 0.569. The predicted octanol–water partition coefficient (Wildman–Crippen LogP) is 1.58. The van der Waals surface area contributed by atoms with Gasteiger partial charge in [-0.05, 0) is 31.4 Å². The lowest BCUT2D eigenvalue weighted by Gasteiger charge is -2.27. The van der Waals surface area contributed by atoms with Crippen LogP contribution in [0.15, 0.2) is 27.8 Å². The molecule has 6 heteroatoms. The van der Waals surface area contributed by atoms with Crippen LogP contribution in [0.25, 0.3) is 0 Å². The molecule has 23 heavy (non-hydrogen) atoms. The molecule has 0 radical (unpaired) electrons. The molecule has 0 spiro atoms. The third-order valence-corrected chi connectivity index (χ3v) is 4.51. The summed E-state index contributed by atoms with van der Waals surface area (Å²) in [4.78, 5) is 16.0. The zero-order valence-electron chi connectivity index (χ0n) is 13.5. The molecule has 1 saturated heterocycles. The molecule has 1 aromatic rings. The van der Waals surface area contributed by atoms with Gasteiger partial charge in [-0.2, -0.15) is 0 Å². The fourth-order valence-electron chi connectivity index (χ4n) is 3.18. The SMILES string of the molecule is O=C1CCC(NC(=NCCc2ccco2)NC2CCCC2)CN1. The first-order valence-electron chi connectivity index (χ1n) is 8.66. The van der Waals surface area contributed by atoms with Crippen molar-refractivity contribution in [2.45, 2.75) is 57.0 Å². The second-order valence-electron chi connectivity index (χ2n) is 6.37. The van der Waals surface area contributed by atoms with Gasteiger partial charge in [-0.3, -0.25) is 9.79 Å². The van der Waals surface area contributed by atoms with Crippen molar-refractivity contribution in [1.82, 2.24) is 16.0 Å². The number of guanidine groups is 1. The van der Waals surface area contributed by atoms with Crippen LogP contribution in [0.4, 0.5) is 0 Å². The normalized spacial score (nSPS) is 22.9. The summed E-state index contributed by atoms with van der Waals surface area (Å²) in [6.45, 7) is 1.36. The molecule has 1 aliphatic heterocycles. The lowest BCUT2D eigenvalue weighted by atomic mass is 10.1. The second-order valence-corrected chi connectivity index (χ2v) is 6.37. The summed E-state index contributed by atoms with van der Waals surface area (Å²) in [5.41, 5.74) is 0. The lowest BCUT2D eigenvalue weighted by molar-refractivity contribution is -0.122. The Morgan fingerprint density at radius 1 is 1.26 bits per heavy atom. The molecule has 1 saturated carbocycles. The van der Waals surface area contributed by atoms with Crippen molar-refractivity contribution in [2.24, 2.45) is 4.99 Å². The fourth-order valence-corrected chi connectivity index (χ4v) is 3.18. The lowest BCUT2D eigenvalue weighted by Crippen LogP contribution is -2.52. The van der Waals surface area contributed by atoms with Gasteiger partial charge >= 0.3 is 0 Å². The molecule has 1 atom stereocenters. The summed E-state index contributed by atoms with van der Waals surface area (Å²) < 4.78 is 5.35. The Labute approximate surface area is 137 Å². The van der Waals surface area contributed by atoms with Gasteiger partial charge < -0.3 is 20.4 Å². The molecule has 1 unspecified atom stereocenters. The minimum atomic E-state index is 0.142. The van der Waals surface area contributed by atoms with Gasteiger partial charge in [-0.15, -0.1) is 0 Å². The highest BCUT2D eigenvalue weighted by molar-refractivity contribution is 5.81. The van der Waals surface area contributed by atoms with Gasteiger partial charge in [-0.25, -0.2) is 0 Å². The van der Waals surface area contributed by atoms with Gasteiger partial charge in [0.1, 0.15) is 5.76 Å². The molecule has 6 nitrogen and oxygen atoms in total. The van der Waals surface area contributed by atoms with Gasteiger partial charge in [0.05, 0.1) is 6.26 Å². The first kappa shape index (κ1) is 15.9. The van der Waals surface area contributed by atoms with Crippen LogP contribution < -0.4 is 16.0 Å². The molecule has 1 aliphatic carbocycles. The molecule has 1 amide bonds. The molecule has 126 valence electrons. The highest BCUT2D eigenvalue weighted by Gasteiger charge is 2.21. The Bertz CT molecular complexity index is 511. The van der Waals surface area contributed by atoms with E-state index < -0.39 is 0 Å². The van der Waals surface area contributed by atoms with E-state index in [-0.39, 0.29) is 11.9 Å². The smallest absolute Gasteiger partial charge is 0.220 e. The van der Waals surface area contributed by atoms with Crippen LogP contribution in [0.1, 0.15) is 44.3 Å². The number of nitrogens with one attached hydrogen (secondary N) is 3. The molecule has 2 aliphatic rings. The van der Waals surface area contributed by atoms with Crippen molar-refractivity contribution < 1.29 is 9.21 Å². The predicted molar refractivity (Wildman–Crippen MR) is 89.3 cm³/mol. The van der Waals surface area contributed by atoms with E-state index in [0.717, 1.165) is 24.6 Å². The molecule has 3 N–H and O–H groups in total. The van der Waals surface area contributed by atoms with Crippen molar-refractivity contribution in [2.75, 3.05) is 13.1 Å². The van der Waals surface area contributed by atoms with Crippen LogP contribution in [-0.4, -0.2) is 37.0 Å². The van der Waals surface area contributed by atoms with Crippen LogP contribution in [0.2, 0.25) is 0 Å². The Morgan fingerprint density at radius 2 is 2.09 bits per heavy atom. The summed E-state index contributed by atoms with van der Waals surface area (Å²) in [6.07, 6.45) is 8.93. The summed E-state index contributed by atoms with van der Waals surface area (Å²) in [5, 5.41) is 9.94. The van der Waals surface area contributed by atoms with Gasteiger partial charge in [-0.1, -0.05) is 12.8 Å². The Morgan fingerprint density at radius 3 is 2.78 bits per heavy atom. The Hall–Kier alpha value is -1.98.